The molecular formula is C16H34BrNO4. The third kappa shape index (κ3) is 7.23. The lowest BCUT2D eigenvalue weighted by atomic mass is 10.1. The number of halogens is 1. The molecule has 1 unspecified atom stereocenters. The molecule has 6 heteroatoms. The van der Waals surface area contributed by atoms with Gasteiger partial charge < -0.3 is 41.9 Å². The first-order chi connectivity index (χ1) is 9.89. The molecule has 0 saturated carbocycles. The van der Waals surface area contributed by atoms with Crippen molar-refractivity contribution in [3.63, 3.8) is 0 Å². The summed E-state index contributed by atoms with van der Waals surface area (Å²) >= 11 is 0. The van der Waals surface area contributed by atoms with E-state index in [2.05, 4.69) is 6.92 Å². The first-order valence-corrected chi connectivity index (χ1v) is 8.45. The second-order valence-electron chi connectivity index (χ2n) is 6.95. The van der Waals surface area contributed by atoms with E-state index >= 15 is 0 Å². The highest BCUT2D eigenvalue weighted by molar-refractivity contribution is 4.84. The second-order valence-corrected chi connectivity index (χ2v) is 6.95. The summed E-state index contributed by atoms with van der Waals surface area (Å²) in [5, 5.41) is 39.4. The number of aliphatic hydroxyl groups excluding tert-OH is 4. The summed E-state index contributed by atoms with van der Waals surface area (Å²) in [6.45, 7) is 3.83. The lowest BCUT2D eigenvalue weighted by Crippen LogP contribution is -3.00. The number of hydrogen-bond acceptors (Lipinski definition) is 4. The van der Waals surface area contributed by atoms with Crippen molar-refractivity contribution < 1.29 is 41.9 Å². The molecule has 1 aliphatic rings. The Bertz CT molecular complexity index is 277. The first-order valence-electron chi connectivity index (χ1n) is 8.45. The molecule has 4 N–H and O–H groups in total. The van der Waals surface area contributed by atoms with Crippen LogP contribution in [0.1, 0.15) is 51.9 Å². The maximum absolute atomic E-state index is 9.94. The van der Waals surface area contributed by atoms with Crippen LogP contribution in [0, 0.1) is 0 Å². The van der Waals surface area contributed by atoms with Crippen molar-refractivity contribution >= 4 is 0 Å². The fourth-order valence-corrected chi connectivity index (χ4v) is 3.28. The van der Waals surface area contributed by atoms with Gasteiger partial charge >= 0.3 is 0 Å². The maximum atomic E-state index is 9.94. The summed E-state index contributed by atoms with van der Waals surface area (Å²) in [6.07, 6.45) is 4.12. The standard InChI is InChI=1S/C16H34NO4.BrH/c1-3-4-5-6-7-8-9-10-17(2)11-13(18)15(20)16(21)14(19)12-17;/h13-16,18-21H,3-12H2,1-2H3;1H/q+1;/p-1/t13-,14+,15-,16-,17?;/m1./s1. The lowest BCUT2D eigenvalue weighted by molar-refractivity contribution is -0.914. The molecule has 1 rings (SSSR count). The van der Waals surface area contributed by atoms with E-state index in [4.69, 9.17) is 0 Å². The zero-order valence-electron chi connectivity index (χ0n) is 14.0. The third-order valence-corrected chi connectivity index (χ3v) is 4.70. The van der Waals surface area contributed by atoms with Crippen molar-refractivity contribution in [1.29, 1.82) is 0 Å². The van der Waals surface area contributed by atoms with Gasteiger partial charge in [-0.2, -0.15) is 0 Å². The van der Waals surface area contributed by atoms with Gasteiger partial charge in [-0.05, 0) is 12.8 Å². The van der Waals surface area contributed by atoms with Crippen LogP contribution in [-0.2, 0) is 0 Å². The van der Waals surface area contributed by atoms with Crippen LogP contribution in [0.25, 0.3) is 0 Å². The molecule has 0 aromatic carbocycles. The lowest BCUT2D eigenvalue weighted by Gasteiger charge is -2.35. The predicted molar refractivity (Wildman–Crippen MR) is 82.8 cm³/mol. The van der Waals surface area contributed by atoms with Gasteiger partial charge in [-0.1, -0.05) is 39.0 Å². The minimum Gasteiger partial charge on any atom is -1.00 e. The van der Waals surface area contributed by atoms with E-state index in [1.54, 1.807) is 0 Å². The third-order valence-electron chi connectivity index (χ3n) is 4.70. The van der Waals surface area contributed by atoms with E-state index in [9.17, 15) is 20.4 Å². The number of hydrogen-bond donors (Lipinski definition) is 4. The molecule has 1 aliphatic heterocycles. The Morgan fingerprint density at radius 1 is 0.773 bits per heavy atom. The minimum atomic E-state index is -1.26. The summed E-state index contributed by atoms with van der Waals surface area (Å²) in [7, 11) is 1.98. The van der Waals surface area contributed by atoms with Crippen molar-refractivity contribution in [3.05, 3.63) is 0 Å². The quantitative estimate of drug-likeness (QED) is 0.279. The maximum Gasteiger partial charge on any atom is 0.131 e. The topological polar surface area (TPSA) is 80.9 Å². The van der Waals surface area contributed by atoms with Gasteiger partial charge in [0.15, 0.2) is 0 Å². The molecule has 0 aromatic rings. The zero-order chi connectivity index (χ0) is 15.9. The van der Waals surface area contributed by atoms with Crippen molar-refractivity contribution in [1.82, 2.24) is 0 Å². The number of likely N-dealkylation sites (tertiary alicyclic amines) is 1. The predicted octanol–water partition coefficient (Wildman–Crippen LogP) is -2.36. The van der Waals surface area contributed by atoms with Gasteiger partial charge in [0, 0.05) is 0 Å². The molecule has 1 heterocycles. The van der Waals surface area contributed by atoms with E-state index in [1.807, 2.05) is 7.05 Å². The van der Waals surface area contributed by atoms with Crippen LogP contribution in [0.2, 0.25) is 0 Å². The molecule has 0 amide bonds. The van der Waals surface area contributed by atoms with Crippen molar-refractivity contribution in [2.24, 2.45) is 0 Å². The molecule has 5 nitrogen and oxygen atoms in total. The molecule has 0 radical (unpaired) electrons. The van der Waals surface area contributed by atoms with Crippen LogP contribution in [0.15, 0.2) is 0 Å². The van der Waals surface area contributed by atoms with Gasteiger partial charge in [-0.25, -0.2) is 0 Å². The van der Waals surface area contributed by atoms with Gasteiger partial charge in [0.25, 0.3) is 0 Å². The summed E-state index contributed by atoms with van der Waals surface area (Å²) in [6, 6.07) is 0. The molecule has 0 aromatic heterocycles. The number of aliphatic hydroxyl groups is 4. The Morgan fingerprint density at radius 3 is 1.64 bits per heavy atom. The summed E-state index contributed by atoms with van der Waals surface area (Å²) in [5.74, 6) is 0. The van der Waals surface area contributed by atoms with E-state index in [1.165, 1.54) is 32.1 Å². The van der Waals surface area contributed by atoms with Crippen LogP contribution < -0.4 is 17.0 Å². The average molecular weight is 384 g/mol. The number of unbranched alkanes of at least 4 members (excludes halogenated alkanes) is 6. The van der Waals surface area contributed by atoms with Crippen LogP contribution in [-0.4, -0.2) is 76.0 Å². The highest BCUT2D eigenvalue weighted by atomic mass is 79.9. The first kappa shape index (κ1) is 22.3. The van der Waals surface area contributed by atoms with Crippen LogP contribution in [0.5, 0.6) is 0 Å². The van der Waals surface area contributed by atoms with Crippen molar-refractivity contribution in [2.75, 3.05) is 26.7 Å². The normalized spacial score (nSPS) is 35.7. The summed E-state index contributed by atoms with van der Waals surface area (Å²) in [4.78, 5) is 0. The minimum absolute atomic E-state index is 0. The molecule has 134 valence electrons. The van der Waals surface area contributed by atoms with E-state index in [0.29, 0.717) is 17.6 Å². The Labute approximate surface area is 145 Å². The molecule has 22 heavy (non-hydrogen) atoms. The Hall–Kier alpha value is 0.280. The van der Waals surface area contributed by atoms with E-state index in [-0.39, 0.29) is 17.0 Å². The molecule has 5 atom stereocenters. The van der Waals surface area contributed by atoms with Gasteiger partial charge in [0.1, 0.15) is 37.5 Å². The van der Waals surface area contributed by atoms with Crippen LogP contribution in [0.3, 0.4) is 0 Å². The number of likely N-dealkylation sites (N-methyl/N-ethyl adjacent to an activating group) is 1. The molecule has 0 spiro atoms. The van der Waals surface area contributed by atoms with Gasteiger partial charge in [0.2, 0.25) is 0 Å². The van der Waals surface area contributed by atoms with Gasteiger partial charge in [0.05, 0.1) is 13.6 Å². The molecule has 0 bridgehead atoms. The van der Waals surface area contributed by atoms with Crippen molar-refractivity contribution in [3.8, 4) is 0 Å². The largest absolute Gasteiger partial charge is 1.00 e. The monoisotopic (exact) mass is 383 g/mol. The highest BCUT2D eigenvalue weighted by Crippen LogP contribution is 2.20. The van der Waals surface area contributed by atoms with Gasteiger partial charge in [-0.3, -0.25) is 0 Å². The smallest absolute Gasteiger partial charge is 0.131 e. The summed E-state index contributed by atoms with van der Waals surface area (Å²) in [5.41, 5.74) is 0. The van der Waals surface area contributed by atoms with Crippen LogP contribution in [0.4, 0.5) is 0 Å². The van der Waals surface area contributed by atoms with Crippen molar-refractivity contribution in [2.45, 2.75) is 76.3 Å². The Kier molecular flexibility index (Phi) is 11.1. The number of rotatable bonds is 8. The molecular weight excluding hydrogens is 350 g/mol. The number of quaternary nitrogens is 1. The Balaban J connectivity index is 0.00000441. The average Bonchev–Trinajstić information content (AvgIpc) is 2.50. The molecule has 1 fully saturated rings. The van der Waals surface area contributed by atoms with Crippen LogP contribution >= 0.6 is 0 Å². The highest BCUT2D eigenvalue weighted by Gasteiger charge is 2.42. The molecule has 1 saturated heterocycles. The fraction of sp³-hybridized carbons (Fsp3) is 1.00. The van der Waals surface area contributed by atoms with E-state index in [0.717, 1.165) is 19.4 Å². The zero-order valence-corrected chi connectivity index (χ0v) is 15.6. The fourth-order valence-electron chi connectivity index (χ4n) is 3.28. The van der Waals surface area contributed by atoms with E-state index < -0.39 is 24.4 Å². The summed E-state index contributed by atoms with van der Waals surface area (Å²) < 4.78 is 0.505. The second kappa shape index (κ2) is 10.9. The van der Waals surface area contributed by atoms with Gasteiger partial charge in [-0.15, -0.1) is 0 Å². The Morgan fingerprint density at radius 2 is 1.18 bits per heavy atom. The number of nitrogens with zero attached hydrogens (tertiary/aromatic N) is 1. The SMILES string of the molecule is CCCCCCCCC[N+]1(C)C[C@@H](O)[C@@H](O)[C@H](O)[C@@H](O)C1.[Br-]. The molecule has 0 aliphatic carbocycles.